The molecule has 2 heterocycles. The summed E-state index contributed by atoms with van der Waals surface area (Å²) in [4.78, 5) is 15.5. The molecule has 1 saturated heterocycles. The highest BCUT2D eigenvalue weighted by Gasteiger charge is 2.27. The molecule has 0 radical (unpaired) electrons. The van der Waals surface area contributed by atoms with Crippen LogP contribution in [-0.2, 0) is 9.47 Å². The molecule has 0 saturated carbocycles. The van der Waals surface area contributed by atoms with Crippen molar-refractivity contribution in [2.24, 2.45) is 0 Å². The van der Waals surface area contributed by atoms with Crippen LogP contribution in [0.3, 0.4) is 0 Å². The monoisotopic (exact) mass is 257 g/mol. The summed E-state index contributed by atoms with van der Waals surface area (Å²) < 4.78 is 15.5. The molecule has 2 rings (SSSR count). The summed E-state index contributed by atoms with van der Waals surface area (Å²) in [6.45, 7) is 4.89. The van der Waals surface area contributed by atoms with E-state index in [1.807, 2.05) is 6.92 Å². The zero-order valence-corrected chi connectivity index (χ0v) is 10.7. The van der Waals surface area contributed by atoms with Crippen molar-refractivity contribution >= 4 is 17.7 Å². The number of ether oxygens (including phenoxy) is 2. The summed E-state index contributed by atoms with van der Waals surface area (Å²) in [5, 5.41) is 0.832. The highest BCUT2D eigenvalue weighted by Crippen LogP contribution is 2.31. The summed E-state index contributed by atoms with van der Waals surface area (Å²) in [6.07, 6.45) is 2.50. The van der Waals surface area contributed by atoms with E-state index in [-0.39, 0.29) is 11.8 Å². The topological polar surface area (TPSA) is 61.6 Å². The fourth-order valence-electron chi connectivity index (χ4n) is 1.61. The minimum absolute atomic E-state index is 0.193. The summed E-state index contributed by atoms with van der Waals surface area (Å²) in [6, 6.07) is 0. The first kappa shape index (κ1) is 12.4. The van der Waals surface area contributed by atoms with Gasteiger partial charge in [0, 0.05) is 11.9 Å². The van der Waals surface area contributed by atoms with E-state index >= 15 is 0 Å². The number of rotatable bonds is 4. The van der Waals surface area contributed by atoms with Gasteiger partial charge < -0.3 is 13.9 Å². The Kier molecular flexibility index (Phi) is 4.06. The average molecular weight is 257 g/mol. The Morgan fingerprint density at radius 2 is 2.53 bits per heavy atom. The van der Waals surface area contributed by atoms with E-state index in [2.05, 4.69) is 4.98 Å². The standard InChI is InChI=1S/C11H15NO4S/c1-3-14-10(13)8-6-16-11(12-8)17-9-4-5-15-7(9)2/h6-7,9H,3-5H2,1-2H3. The third kappa shape index (κ3) is 3.01. The molecule has 17 heavy (non-hydrogen) atoms. The summed E-state index contributed by atoms with van der Waals surface area (Å²) in [5.74, 6) is -0.446. The number of hydrogen-bond donors (Lipinski definition) is 0. The van der Waals surface area contributed by atoms with Gasteiger partial charge in [-0.15, -0.1) is 0 Å². The lowest BCUT2D eigenvalue weighted by molar-refractivity contribution is 0.0519. The Hall–Kier alpha value is -1.01. The van der Waals surface area contributed by atoms with Gasteiger partial charge >= 0.3 is 5.97 Å². The van der Waals surface area contributed by atoms with E-state index in [0.29, 0.717) is 17.1 Å². The Morgan fingerprint density at radius 1 is 1.71 bits per heavy atom. The van der Waals surface area contributed by atoms with Gasteiger partial charge in [-0.2, -0.15) is 4.98 Å². The van der Waals surface area contributed by atoms with Crippen LogP contribution in [0.1, 0.15) is 30.8 Å². The van der Waals surface area contributed by atoms with Crippen molar-refractivity contribution in [3.05, 3.63) is 12.0 Å². The van der Waals surface area contributed by atoms with Gasteiger partial charge in [-0.05, 0) is 20.3 Å². The van der Waals surface area contributed by atoms with Crippen LogP contribution in [0.2, 0.25) is 0 Å². The number of carbonyl (C=O) groups excluding carboxylic acids is 1. The van der Waals surface area contributed by atoms with Crippen LogP contribution in [0.4, 0.5) is 0 Å². The first-order chi connectivity index (χ1) is 8.20. The maximum Gasteiger partial charge on any atom is 0.360 e. The largest absolute Gasteiger partial charge is 0.461 e. The quantitative estimate of drug-likeness (QED) is 0.770. The van der Waals surface area contributed by atoms with Crippen LogP contribution in [0.25, 0.3) is 0 Å². The normalized spacial score (nSPS) is 23.9. The molecule has 1 aliphatic heterocycles. The van der Waals surface area contributed by atoms with Crippen molar-refractivity contribution in [1.29, 1.82) is 0 Å². The van der Waals surface area contributed by atoms with Gasteiger partial charge in [-0.1, -0.05) is 11.8 Å². The van der Waals surface area contributed by atoms with Gasteiger partial charge in [0.25, 0.3) is 5.22 Å². The highest BCUT2D eigenvalue weighted by atomic mass is 32.2. The van der Waals surface area contributed by atoms with E-state index in [1.54, 1.807) is 6.92 Å². The molecule has 2 atom stereocenters. The fraction of sp³-hybridized carbons (Fsp3) is 0.636. The Bertz CT molecular complexity index is 393. The molecule has 0 amide bonds. The van der Waals surface area contributed by atoms with E-state index in [4.69, 9.17) is 13.9 Å². The number of esters is 1. The minimum Gasteiger partial charge on any atom is -0.461 e. The Morgan fingerprint density at radius 3 is 3.18 bits per heavy atom. The van der Waals surface area contributed by atoms with Crippen molar-refractivity contribution in [1.82, 2.24) is 4.98 Å². The van der Waals surface area contributed by atoms with Gasteiger partial charge in [0.15, 0.2) is 5.69 Å². The lowest BCUT2D eigenvalue weighted by Gasteiger charge is -2.09. The summed E-state index contributed by atoms with van der Waals surface area (Å²) in [5.41, 5.74) is 0.223. The molecule has 0 aliphatic carbocycles. The van der Waals surface area contributed by atoms with Crippen LogP contribution in [-0.4, -0.2) is 35.5 Å². The lowest BCUT2D eigenvalue weighted by Crippen LogP contribution is -2.13. The molecule has 2 unspecified atom stereocenters. The molecule has 1 fully saturated rings. The molecule has 1 aliphatic rings. The molecule has 94 valence electrons. The molecule has 0 N–H and O–H groups in total. The molecule has 6 heteroatoms. The zero-order valence-electron chi connectivity index (χ0n) is 9.84. The highest BCUT2D eigenvalue weighted by molar-refractivity contribution is 7.99. The Labute approximate surface area is 104 Å². The van der Waals surface area contributed by atoms with Crippen molar-refractivity contribution < 1.29 is 18.7 Å². The first-order valence-corrected chi connectivity index (χ1v) is 6.49. The molecular formula is C11H15NO4S. The molecular weight excluding hydrogens is 242 g/mol. The predicted molar refractivity (Wildman–Crippen MR) is 62.1 cm³/mol. The number of nitrogens with zero attached hydrogens (tertiary/aromatic N) is 1. The maximum absolute atomic E-state index is 11.4. The second-order valence-corrected chi connectivity index (χ2v) is 4.93. The van der Waals surface area contributed by atoms with E-state index in [9.17, 15) is 4.79 Å². The van der Waals surface area contributed by atoms with Crippen molar-refractivity contribution in [2.75, 3.05) is 13.2 Å². The summed E-state index contributed by atoms with van der Waals surface area (Å²) in [7, 11) is 0. The summed E-state index contributed by atoms with van der Waals surface area (Å²) >= 11 is 1.51. The Balaban J connectivity index is 1.96. The third-order valence-corrected chi connectivity index (χ3v) is 3.84. The van der Waals surface area contributed by atoms with Gasteiger partial charge in [-0.25, -0.2) is 4.79 Å². The van der Waals surface area contributed by atoms with Crippen LogP contribution >= 0.6 is 11.8 Å². The molecule has 1 aromatic rings. The number of thioether (sulfide) groups is 1. The van der Waals surface area contributed by atoms with E-state index in [1.165, 1.54) is 18.0 Å². The van der Waals surface area contributed by atoms with Crippen LogP contribution in [0.5, 0.6) is 0 Å². The minimum atomic E-state index is -0.446. The smallest absolute Gasteiger partial charge is 0.360 e. The van der Waals surface area contributed by atoms with Gasteiger partial charge in [-0.3, -0.25) is 0 Å². The molecule has 0 aromatic carbocycles. The van der Waals surface area contributed by atoms with Crippen molar-refractivity contribution in [2.45, 2.75) is 36.8 Å². The fourth-order valence-corrected chi connectivity index (χ4v) is 2.60. The van der Waals surface area contributed by atoms with Crippen molar-refractivity contribution in [3.8, 4) is 0 Å². The van der Waals surface area contributed by atoms with Crippen LogP contribution in [0.15, 0.2) is 15.9 Å². The third-order valence-electron chi connectivity index (χ3n) is 2.53. The van der Waals surface area contributed by atoms with Gasteiger partial charge in [0.1, 0.15) is 6.26 Å². The average Bonchev–Trinajstić information content (AvgIpc) is 2.90. The van der Waals surface area contributed by atoms with E-state index in [0.717, 1.165) is 13.0 Å². The predicted octanol–water partition coefficient (Wildman–Crippen LogP) is 2.12. The van der Waals surface area contributed by atoms with E-state index < -0.39 is 5.97 Å². The molecule has 5 nitrogen and oxygen atoms in total. The van der Waals surface area contributed by atoms with Gasteiger partial charge in [0.2, 0.25) is 0 Å². The SMILES string of the molecule is CCOC(=O)c1coc(SC2CCOC2C)n1. The number of carbonyl (C=O) groups is 1. The second kappa shape index (κ2) is 5.55. The van der Waals surface area contributed by atoms with Crippen LogP contribution in [0, 0.1) is 0 Å². The molecule has 1 aromatic heterocycles. The molecule has 0 bridgehead atoms. The number of oxazole rings is 1. The molecule has 0 spiro atoms. The number of hydrogen-bond acceptors (Lipinski definition) is 6. The lowest BCUT2D eigenvalue weighted by atomic mass is 10.3. The second-order valence-electron chi connectivity index (χ2n) is 3.74. The van der Waals surface area contributed by atoms with Crippen molar-refractivity contribution in [3.63, 3.8) is 0 Å². The maximum atomic E-state index is 11.4. The number of aromatic nitrogens is 1. The zero-order chi connectivity index (χ0) is 12.3. The first-order valence-electron chi connectivity index (χ1n) is 5.61. The van der Waals surface area contributed by atoms with Gasteiger partial charge in [0.05, 0.1) is 12.7 Å². The van der Waals surface area contributed by atoms with Crippen LogP contribution < -0.4 is 0 Å².